The molecule has 0 heterocycles. The Kier molecular flexibility index (Phi) is 3.83. The first-order valence-corrected chi connectivity index (χ1v) is 4.92. The van der Waals surface area contributed by atoms with Crippen molar-refractivity contribution in [2.24, 2.45) is 0 Å². The van der Waals surface area contributed by atoms with E-state index < -0.39 is 0 Å². The van der Waals surface area contributed by atoms with Crippen LogP contribution in [-0.4, -0.2) is 11.0 Å². The van der Waals surface area contributed by atoms with E-state index in [0.717, 1.165) is 10.6 Å². The molecule has 0 aliphatic heterocycles. The molecule has 0 bridgehead atoms. The molecule has 60 valence electrons. The van der Waals surface area contributed by atoms with Gasteiger partial charge in [0.2, 0.25) is 0 Å². The van der Waals surface area contributed by atoms with Crippen LogP contribution in [0.4, 0.5) is 0 Å². The Morgan fingerprint density at radius 3 is 2.36 bits per heavy atom. The molecule has 0 spiro atoms. The molecule has 11 heavy (non-hydrogen) atoms. The fourth-order valence-electron chi connectivity index (χ4n) is 0.766. The summed E-state index contributed by atoms with van der Waals surface area (Å²) in [5.74, 6) is 0.907. The maximum absolute atomic E-state index is 8.59. The van der Waals surface area contributed by atoms with Crippen LogP contribution < -0.4 is 0 Å². The minimum absolute atomic E-state index is 0.139. The van der Waals surface area contributed by atoms with Crippen LogP contribution >= 0.6 is 24.4 Å². The predicted octanol–water partition coefficient (Wildman–Crippen LogP) is 2.16. The van der Waals surface area contributed by atoms with E-state index in [-0.39, 0.29) is 5.94 Å². The van der Waals surface area contributed by atoms with E-state index in [9.17, 15) is 0 Å². The van der Waals surface area contributed by atoms with Gasteiger partial charge in [0.05, 0.1) is 5.94 Å². The van der Waals surface area contributed by atoms with Crippen LogP contribution in [-0.2, 0) is 5.75 Å². The molecule has 0 saturated carbocycles. The Labute approximate surface area is 76.2 Å². The molecule has 0 saturated heterocycles. The SMILES string of the molecule is OCSc1ccc(CS)cc1. The van der Waals surface area contributed by atoms with Gasteiger partial charge < -0.3 is 5.11 Å². The van der Waals surface area contributed by atoms with E-state index in [4.69, 9.17) is 5.11 Å². The van der Waals surface area contributed by atoms with Gasteiger partial charge in [-0.2, -0.15) is 12.6 Å². The first kappa shape index (κ1) is 8.97. The lowest BCUT2D eigenvalue weighted by Gasteiger charge is -1.98. The summed E-state index contributed by atoms with van der Waals surface area (Å²) in [6.45, 7) is 0. The summed E-state index contributed by atoms with van der Waals surface area (Å²) in [4.78, 5) is 1.10. The van der Waals surface area contributed by atoms with Gasteiger partial charge in [0, 0.05) is 10.6 Å². The van der Waals surface area contributed by atoms with E-state index >= 15 is 0 Å². The molecule has 0 aliphatic rings. The van der Waals surface area contributed by atoms with Crippen LogP contribution in [0.25, 0.3) is 0 Å². The van der Waals surface area contributed by atoms with Crippen molar-refractivity contribution in [2.45, 2.75) is 10.6 Å². The zero-order valence-corrected chi connectivity index (χ0v) is 7.74. The molecule has 0 unspecified atom stereocenters. The van der Waals surface area contributed by atoms with Gasteiger partial charge in [-0.05, 0) is 17.7 Å². The first-order valence-electron chi connectivity index (χ1n) is 3.30. The van der Waals surface area contributed by atoms with E-state index in [1.807, 2.05) is 24.3 Å². The van der Waals surface area contributed by atoms with Gasteiger partial charge >= 0.3 is 0 Å². The lowest BCUT2D eigenvalue weighted by atomic mass is 10.2. The molecule has 0 radical (unpaired) electrons. The number of benzene rings is 1. The molecule has 0 aromatic heterocycles. The van der Waals surface area contributed by atoms with Crippen LogP contribution in [0.5, 0.6) is 0 Å². The number of rotatable bonds is 3. The van der Waals surface area contributed by atoms with Crippen LogP contribution in [0.3, 0.4) is 0 Å². The molecule has 1 aromatic carbocycles. The molecule has 3 heteroatoms. The van der Waals surface area contributed by atoms with Gasteiger partial charge in [-0.25, -0.2) is 0 Å². The quantitative estimate of drug-likeness (QED) is 0.428. The van der Waals surface area contributed by atoms with Gasteiger partial charge in [-0.3, -0.25) is 0 Å². The highest BCUT2D eigenvalue weighted by Crippen LogP contribution is 2.17. The Bertz CT molecular complexity index is 208. The normalized spacial score (nSPS) is 10.0. The Balaban J connectivity index is 2.66. The maximum atomic E-state index is 8.59. The number of thioether (sulfide) groups is 1. The summed E-state index contributed by atoms with van der Waals surface area (Å²) in [5.41, 5.74) is 1.20. The van der Waals surface area contributed by atoms with Crippen molar-refractivity contribution in [2.75, 3.05) is 5.94 Å². The summed E-state index contributed by atoms with van der Waals surface area (Å²) >= 11 is 5.57. The third kappa shape index (κ3) is 2.77. The zero-order valence-electron chi connectivity index (χ0n) is 6.03. The molecule has 1 nitrogen and oxygen atoms in total. The highest BCUT2D eigenvalue weighted by Gasteiger charge is 1.91. The topological polar surface area (TPSA) is 20.2 Å². The van der Waals surface area contributed by atoms with Gasteiger partial charge in [0.1, 0.15) is 0 Å². The predicted molar refractivity (Wildman–Crippen MR) is 52.1 cm³/mol. The number of thiol groups is 1. The Morgan fingerprint density at radius 2 is 1.91 bits per heavy atom. The highest BCUT2D eigenvalue weighted by atomic mass is 32.2. The van der Waals surface area contributed by atoms with Gasteiger partial charge in [-0.1, -0.05) is 23.9 Å². The number of hydrogen-bond donors (Lipinski definition) is 2. The third-order valence-corrected chi connectivity index (χ3v) is 2.44. The van der Waals surface area contributed by atoms with Crippen LogP contribution in [0.1, 0.15) is 5.56 Å². The second kappa shape index (κ2) is 4.70. The monoisotopic (exact) mass is 186 g/mol. The molecular formula is C8H10OS2. The van der Waals surface area contributed by atoms with E-state index in [2.05, 4.69) is 12.6 Å². The zero-order chi connectivity index (χ0) is 8.10. The second-order valence-electron chi connectivity index (χ2n) is 2.08. The van der Waals surface area contributed by atoms with Crippen LogP contribution in [0.15, 0.2) is 29.2 Å². The molecule has 0 atom stereocenters. The second-order valence-corrected chi connectivity index (χ2v) is 3.41. The third-order valence-electron chi connectivity index (χ3n) is 1.34. The Morgan fingerprint density at radius 1 is 1.27 bits per heavy atom. The van der Waals surface area contributed by atoms with Crippen LogP contribution in [0, 0.1) is 0 Å². The van der Waals surface area contributed by atoms with Gasteiger partial charge in [0.15, 0.2) is 0 Å². The van der Waals surface area contributed by atoms with Crippen molar-refractivity contribution in [3.63, 3.8) is 0 Å². The van der Waals surface area contributed by atoms with E-state index in [1.54, 1.807) is 0 Å². The minimum atomic E-state index is 0.139. The number of aliphatic hydroxyl groups is 1. The first-order chi connectivity index (χ1) is 5.36. The van der Waals surface area contributed by atoms with Crippen molar-refractivity contribution in [3.05, 3.63) is 29.8 Å². The molecule has 0 fully saturated rings. The minimum Gasteiger partial charge on any atom is -0.385 e. The van der Waals surface area contributed by atoms with Crippen molar-refractivity contribution >= 4 is 24.4 Å². The lowest BCUT2D eigenvalue weighted by molar-refractivity contribution is 0.375. The van der Waals surface area contributed by atoms with Crippen molar-refractivity contribution in [3.8, 4) is 0 Å². The Hall–Kier alpha value is -0.120. The highest BCUT2D eigenvalue weighted by molar-refractivity contribution is 7.99. The van der Waals surface area contributed by atoms with E-state index in [1.165, 1.54) is 17.3 Å². The summed E-state index contributed by atoms with van der Waals surface area (Å²) < 4.78 is 0. The average molecular weight is 186 g/mol. The molecule has 1 N–H and O–H groups in total. The van der Waals surface area contributed by atoms with E-state index in [0.29, 0.717) is 0 Å². The fraction of sp³-hybridized carbons (Fsp3) is 0.250. The molecule has 0 aliphatic carbocycles. The molecular weight excluding hydrogens is 176 g/mol. The summed E-state index contributed by atoms with van der Waals surface area (Å²) in [6.07, 6.45) is 0. The number of hydrogen-bond acceptors (Lipinski definition) is 3. The van der Waals surface area contributed by atoms with Crippen molar-refractivity contribution in [1.29, 1.82) is 0 Å². The summed E-state index contributed by atoms with van der Waals surface area (Å²) in [6, 6.07) is 8.02. The fourth-order valence-corrected chi connectivity index (χ4v) is 1.45. The summed E-state index contributed by atoms with van der Waals surface area (Å²) in [7, 11) is 0. The maximum Gasteiger partial charge on any atom is 0.0932 e. The molecule has 1 rings (SSSR count). The number of aliphatic hydroxyl groups excluding tert-OH is 1. The van der Waals surface area contributed by atoms with Gasteiger partial charge in [-0.15, -0.1) is 0 Å². The average Bonchev–Trinajstić information content (AvgIpc) is 2.07. The largest absolute Gasteiger partial charge is 0.385 e. The van der Waals surface area contributed by atoms with Gasteiger partial charge in [0.25, 0.3) is 0 Å². The molecule has 1 aromatic rings. The lowest BCUT2D eigenvalue weighted by Crippen LogP contribution is -1.78. The smallest absolute Gasteiger partial charge is 0.0932 e. The summed E-state index contributed by atoms with van der Waals surface area (Å²) in [5, 5.41) is 8.59. The van der Waals surface area contributed by atoms with Crippen LogP contribution in [0.2, 0.25) is 0 Å². The van der Waals surface area contributed by atoms with Crippen molar-refractivity contribution in [1.82, 2.24) is 0 Å². The van der Waals surface area contributed by atoms with Crippen molar-refractivity contribution < 1.29 is 5.11 Å². The molecule has 0 amide bonds. The standard InChI is InChI=1S/C8H10OS2/c9-6-11-8-3-1-7(5-10)2-4-8/h1-4,9-10H,5-6H2.